The van der Waals surface area contributed by atoms with E-state index in [0.717, 1.165) is 5.56 Å². The number of benzene rings is 1. The highest BCUT2D eigenvalue weighted by Gasteiger charge is 2.11. The fourth-order valence-electron chi connectivity index (χ4n) is 1.53. The normalized spacial score (nSPS) is 10.7. The Morgan fingerprint density at radius 1 is 1.30 bits per heavy atom. The number of nitrogens with zero attached hydrogens (tertiary/aromatic N) is 2. The molecule has 4 N–H and O–H groups in total. The minimum Gasteiger partial charge on any atom is -0.339 e. The summed E-state index contributed by atoms with van der Waals surface area (Å²) >= 11 is 0.481. The second-order valence-corrected chi connectivity index (χ2v) is 4.90. The predicted molar refractivity (Wildman–Crippen MR) is 76.2 cm³/mol. The number of nitrogen functional groups attached to an aromatic ring is 1. The number of para-hydroxylation sites is 1. The zero-order chi connectivity index (χ0) is 14.5. The molecule has 106 valence electrons. The lowest BCUT2D eigenvalue weighted by atomic mass is 10.3. The third-order valence-electron chi connectivity index (χ3n) is 2.46. The van der Waals surface area contributed by atoms with Crippen molar-refractivity contribution in [3.05, 3.63) is 36.0 Å². The molecule has 0 aliphatic rings. The zero-order valence-corrected chi connectivity index (χ0v) is 11.4. The Balaban J connectivity index is 2.30. The number of halogens is 2. The summed E-state index contributed by atoms with van der Waals surface area (Å²) in [5.41, 5.74) is 3.68. The van der Waals surface area contributed by atoms with E-state index in [1.54, 1.807) is 30.5 Å². The maximum Gasteiger partial charge on any atom is 0.288 e. The first-order chi connectivity index (χ1) is 9.60. The summed E-state index contributed by atoms with van der Waals surface area (Å²) in [4.78, 5) is 8.56. The number of nitrogens with two attached hydrogens (primary N) is 1. The molecule has 2 aromatic rings. The van der Waals surface area contributed by atoms with Gasteiger partial charge in [0.2, 0.25) is 5.95 Å². The van der Waals surface area contributed by atoms with Gasteiger partial charge >= 0.3 is 0 Å². The number of nitrogens with one attached hydrogen (secondary N) is 2. The highest BCUT2D eigenvalue weighted by atomic mass is 32.2. The molecule has 0 aliphatic carbocycles. The van der Waals surface area contributed by atoms with Crippen LogP contribution in [0.15, 0.2) is 35.4 Å². The summed E-state index contributed by atoms with van der Waals surface area (Å²) in [6.45, 7) is 1.81. The topological polar surface area (TPSA) is 75.9 Å². The van der Waals surface area contributed by atoms with Crippen LogP contribution in [-0.2, 0) is 0 Å². The summed E-state index contributed by atoms with van der Waals surface area (Å²) < 4.78 is 25.0. The molecule has 0 atom stereocenters. The van der Waals surface area contributed by atoms with E-state index in [2.05, 4.69) is 20.7 Å². The molecular formula is C12H13F2N5S. The number of anilines is 3. The first-order valence-corrected chi connectivity index (χ1v) is 6.59. The van der Waals surface area contributed by atoms with E-state index in [1.165, 1.54) is 0 Å². The molecule has 1 aromatic carbocycles. The number of hydrazine groups is 1. The highest BCUT2D eigenvalue weighted by molar-refractivity contribution is 7.99. The Labute approximate surface area is 119 Å². The van der Waals surface area contributed by atoms with Gasteiger partial charge in [-0.3, -0.25) is 5.43 Å². The second kappa shape index (κ2) is 6.49. The molecule has 0 radical (unpaired) electrons. The third kappa shape index (κ3) is 3.55. The van der Waals surface area contributed by atoms with Crippen molar-refractivity contribution in [1.82, 2.24) is 9.97 Å². The van der Waals surface area contributed by atoms with E-state index in [4.69, 9.17) is 5.84 Å². The van der Waals surface area contributed by atoms with E-state index in [0.29, 0.717) is 28.2 Å². The Morgan fingerprint density at radius 2 is 2.05 bits per heavy atom. The fraction of sp³-hybridized carbons (Fsp3) is 0.167. The zero-order valence-electron chi connectivity index (χ0n) is 10.6. The summed E-state index contributed by atoms with van der Waals surface area (Å²) in [5.74, 6) is 3.53. The van der Waals surface area contributed by atoms with Gasteiger partial charge in [0.1, 0.15) is 5.82 Å². The average molecular weight is 297 g/mol. The van der Waals surface area contributed by atoms with Gasteiger partial charge in [-0.25, -0.2) is 10.8 Å². The number of aromatic nitrogens is 2. The van der Waals surface area contributed by atoms with Crippen LogP contribution in [-0.4, -0.2) is 15.7 Å². The van der Waals surface area contributed by atoms with Gasteiger partial charge in [0.15, 0.2) is 0 Å². The molecule has 0 saturated carbocycles. The SMILES string of the molecule is Cc1cnc(NN)nc1Nc1ccccc1SC(F)F. The monoisotopic (exact) mass is 297 g/mol. The number of rotatable bonds is 5. The van der Waals surface area contributed by atoms with Crippen LogP contribution < -0.4 is 16.6 Å². The Hall–Kier alpha value is -1.93. The number of hydrogen-bond donors (Lipinski definition) is 3. The van der Waals surface area contributed by atoms with Gasteiger partial charge in [0.25, 0.3) is 5.76 Å². The van der Waals surface area contributed by atoms with Gasteiger partial charge in [-0.05, 0) is 19.1 Å². The van der Waals surface area contributed by atoms with Crippen molar-refractivity contribution in [2.75, 3.05) is 10.7 Å². The smallest absolute Gasteiger partial charge is 0.288 e. The maximum absolute atomic E-state index is 12.5. The van der Waals surface area contributed by atoms with Crippen molar-refractivity contribution in [3.63, 3.8) is 0 Å². The molecular weight excluding hydrogens is 284 g/mol. The van der Waals surface area contributed by atoms with E-state index >= 15 is 0 Å². The van der Waals surface area contributed by atoms with Crippen LogP contribution in [0, 0.1) is 6.92 Å². The predicted octanol–water partition coefficient (Wildman–Crippen LogP) is 3.13. The van der Waals surface area contributed by atoms with Crippen molar-refractivity contribution in [1.29, 1.82) is 0 Å². The summed E-state index contributed by atoms with van der Waals surface area (Å²) in [6, 6.07) is 6.80. The van der Waals surface area contributed by atoms with E-state index < -0.39 is 5.76 Å². The molecule has 0 aliphatic heterocycles. The van der Waals surface area contributed by atoms with Crippen molar-refractivity contribution < 1.29 is 8.78 Å². The van der Waals surface area contributed by atoms with E-state index in [9.17, 15) is 8.78 Å². The summed E-state index contributed by atoms with van der Waals surface area (Å²) in [6.07, 6.45) is 1.59. The number of hydrogen-bond acceptors (Lipinski definition) is 6. The van der Waals surface area contributed by atoms with Gasteiger partial charge in [-0.2, -0.15) is 13.8 Å². The lowest BCUT2D eigenvalue weighted by molar-refractivity contribution is 0.252. The van der Waals surface area contributed by atoms with Gasteiger partial charge in [-0.1, -0.05) is 23.9 Å². The largest absolute Gasteiger partial charge is 0.339 e. The van der Waals surface area contributed by atoms with Crippen LogP contribution in [0.2, 0.25) is 0 Å². The van der Waals surface area contributed by atoms with Gasteiger partial charge in [0.05, 0.1) is 5.69 Å². The van der Waals surface area contributed by atoms with Gasteiger partial charge in [0, 0.05) is 16.7 Å². The number of alkyl halides is 2. The maximum atomic E-state index is 12.5. The van der Waals surface area contributed by atoms with Crippen LogP contribution >= 0.6 is 11.8 Å². The van der Waals surface area contributed by atoms with Crippen molar-refractivity contribution >= 4 is 29.2 Å². The average Bonchev–Trinajstić information content (AvgIpc) is 2.43. The van der Waals surface area contributed by atoms with Crippen molar-refractivity contribution in [2.45, 2.75) is 17.6 Å². The molecule has 0 saturated heterocycles. The lowest BCUT2D eigenvalue weighted by Gasteiger charge is -2.13. The molecule has 0 fully saturated rings. The Morgan fingerprint density at radius 3 is 2.75 bits per heavy atom. The Bertz CT molecular complexity index is 594. The molecule has 20 heavy (non-hydrogen) atoms. The third-order valence-corrected chi connectivity index (χ3v) is 3.25. The Kier molecular flexibility index (Phi) is 4.70. The first-order valence-electron chi connectivity index (χ1n) is 5.71. The molecule has 1 heterocycles. The number of thioether (sulfide) groups is 1. The lowest BCUT2D eigenvalue weighted by Crippen LogP contribution is -2.11. The molecule has 0 unspecified atom stereocenters. The van der Waals surface area contributed by atoms with E-state index in [1.807, 2.05) is 6.92 Å². The summed E-state index contributed by atoms with van der Waals surface area (Å²) in [5, 5.41) is 3.02. The van der Waals surface area contributed by atoms with Gasteiger partial charge < -0.3 is 5.32 Å². The van der Waals surface area contributed by atoms with Crippen LogP contribution in [0.3, 0.4) is 0 Å². The second-order valence-electron chi connectivity index (χ2n) is 3.87. The van der Waals surface area contributed by atoms with Crippen molar-refractivity contribution in [3.8, 4) is 0 Å². The van der Waals surface area contributed by atoms with Crippen molar-refractivity contribution in [2.24, 2.45) is 5.84 Å². The molecule has 1 aromatic heterocycles. The van der Waals surface area contributed by atoms with Crippen LogP contribution in [0.5, 0.6) is 0 Å². The van der Waals surface area contributed by atoms with E-state index in [-0.39, 0.29) is 5.95 Å². The molecule has 0 spiro atoms. The molecule has 0 bridgehead atoms. The molecule has 2 rings (SSSR count). The van der Waals surface area contributed by atoms with Crippen LogP contribution in [0.1, 0.15) is 5.56 Å². The van der Waals surface area contributed by atoms with Crippen LogP contribution in [0.25, 0.3) is 0 Å². The fourth-order valence-corrected chi connectivity index (χ4v) is 2.13. The minimum absolute atomic E-state index is 0.247. The standard InChI is InChI=1S/C12H13F2N5S/c1-7-6-16-12(19-15)18-10(7)17-8-4-2-3-5-9(8)20-11(13)14/h2-6,11H,15H2,1H3,(H2,16,17,18,19). The quantitative estimate of drug-likeness (QED) is 0.447. The molecule has 5 nitrogen and oxygen atoms in total. The number of aryl methyl sites for hydroxylation is 1. The first kappa shape index (κ1) is 14.5. The highest BCUT2D eigenvalue weighted by Crippen LogP contribution is 2.33. The summed E-state index contributed by atoms with van der Waals surface area (Å²) in [7, 11) is 0. The molecule has 0 amide bonds. The van der Waals surface area contributed by atoms with Crippen LogP contribution in [0.4, 0.5) is 26.2 Å². The van der Waals surface area contributed by atoms with Gasteiger partial charge in [-0.15, -0.1) is 0 Å². The molecule has 8 heteroatoms. The minimum atomic E-state index is -2.48.